The van der Waals surface area contributed by atoms with Crippen LogP contribution in [0.3, 0.4) is 0 Å². The molecule has 0 saturated carbocycles. The van der Waals surface area contributed by atoms with E-state index in [2.05, 4.69) is 4.98 Å². The Balaban J connectivity index is 2.31. The normalized spacial score (nSPS) is 10.3. The van der Waals surface area contributed by atoms with E-state index in [1.54, 1.807) is 18.6 Å². The van der Waals surface area contributed by atoms with Crippen molar-refractivity contribution in [1.82, 2.24) is 9.55 Å². The minimum absolute atomic E-state index is 0.144. The van der Waals surface area contributed by atoms with E-state index in [1.165, 1.54) is 6.07 Å². The number of rotatable bonds is 2. The molecule has 0 aromatic carbocycles. The second-order valence-corrected chi connectivity index (χ2v) is 3.70. The van der Waals surface area contributed by atoms with Gasteiger partial charge in [0.05, 0.1) is 17.9 Å². The second-order valence-electron chi connectivity index (χ2n) is 3.70. The molecule has 2 heterocycles. The van der Waals surface area contributed by atoms with E-state index >= 15 is 0 Å². The third kappa shape index (κ3) is 2.11. The summed E-state index contributed by atoms with van der Waals surface area (Å²) in [5.74, 6) is 0. The van der Waals surface area contributed by atoms with Crippen LogP contribution < -0.4 is 11.2 Å². The highest BCUT2D eigenvalue weighted by molar-refractivity contribution is 5.34. The van der Waals surface area contributed by atoms with Crippen LogP contribution in [-0.4, -0.2) is 9.55 Å². The fraction of sp³-hybridized carbons (Fsp3) is 0.167. The zero-order valence-electron chi connectivity index (χ0n) is 9.05. The highest BCUT2D eigenvalue weighted by atomic mass is 16.1. The number of pyridine rings is 2. The first-order valence-corrected chi connectivity index (χ1v) is 5.03. The summed E-state index contributed by atoms with van der Waals surface area (Å²) < 4.78 is 1.85. The molecule has 2 N–H and O–H groups in total. The quantitative estimate of drug-likeness (QED) is 0.818. The highest BCUT2D eigenvalue weighted by Gasteiger charge is 2.00. The second kappa shape index (κ2) is 4.18. The molecule has 0 bridgehead atoms. The third-order valence-electron chi connectivity index (χ3n) is 2.46. The van der Waals surface area contributed by atoms with E-state index < -0.39 is 0 Å². The molecule has 0 atom stereocenters. The predicted molar refractivity (Wildman–Crippen MR) is 63.2 cm³/mol. The smallest absolute Gasteiger partial charge is 0.204 e. The van der Waals surface area contributed by atoms with Gasteiger partial charge in [-0.25, -0.2) is 0 Å². The summed E-state index contributed by atoms with van der Waals surface area (Å²) in [4.78, 5) is 15.4. The number of aryl methyl sites for hydroxylation is 1. The van der Waals surface area contributed by atoms with Gasteiger partial charge in [-0.15, -0.1) is 0 Å². The molecule has 0 fully saturated rings. The summed E-state index contributed by atoms with van der Waals surface area (Å²) in [6.45, 7) is 2.63. The van der Waals surface area contributed by atoms with Crippen LogP contribution in [0.4, 0.5) is 5.69 Å². The molecule has 0 aliphatic heterocycles. The van der Waals surface area contributed by atoms with Gasteiger partial charge in [0.2, 0.25) is 5.43 Å². The van der Waals surface area contributed by atoms with Crippen molar-refractivity contribution in [1.29, 1.82) is 0 Å². The third-order valence-corrected chi connectivity index (χ3v) is 2.46. The Morgan fingerprint density at radius 3 is 2.94 bits per heavy atom. The first kappa shape index (κ1) is 10.4. The number of nitrogens with two attached hydrogens (primary N) is 1. The van der Waals surface area contributed by atoms with Gasteiger partial charge in [0.15, 0.2) is 0 Å². The molecule has 0 unspecified atom stereocenters. The average molecular weight is 215 g/mol. The van der Waals surface area contributed by atoms with Crippen LogP contribution in [-0.2, 0) is 6.54 Å². The standard InChI is InChI=1S/C12H13N3O/c1-9-3-2-5-14-11(9)8-15-6-4-12(16)10(13)7-15/h2-7H,8,13H2,1H3. The lowest BCUT2D eigenvalue weighted by atomic mass is 10.2. The van der Waals surface area contributed by atoms with Crippen LogP contribution in [0.25, 0.3) is 0 Å². The van der Waals surface area contributed by atoms with E-state index in [1.807, 2.05) is 23.6 Å². The molecule has 2 rings (SSSR count). The summed E-state index contributed by atoms with van der Waals surface area (Å²) in [6.07, 6.45) is 5.11. The SMILES string of the molecule is Cc1cccnc1Cn1ccc(=O)c(N)c1. The molecule has 0 aliphatic carbocycles. The Hall–Kier alpha value is -2.10. The lowest BCUT2D eigenvalue weighted by Gasteiger charge is -2.08. The Morgan fingerprint density at radius 1 is 1.44 bits per heavy atom. The van der Waals surface area contributed by atoms with E-state index in [0.29, 0.717) is 6.54 Å². The molecule has 82 valence electrons. The van der Waals surface area contributed by atoms with Crippen LogP contribution in [0.15, 0.2) is 41.6 Å². The summed E-state index contributed by atoms with van der Waals surface area (Å²) in [6, 6.07) is 5.38. The first-order valence-electron chi connectivity index (χ1n) is 5.03. The number of hydrogen-bond donors (Lipinski definition) is 1. The highest BCUT2D eigenvalue weighted by Crippen LogP contribution is 2.05. The van der Waals surface area contributed by atoms with Crippen LogP contribution in [0.2, 0.25) is 0 Å². The number of nitrogens with zero attached hydrogens (tertiary/aromatic N) is 2. The molecule has 0 radical (unpaired) electrons. The largest absolute Gasteiger partial charge is 0.394 e. The Kier molecular flexibility index (Phi) is 2.72. The summed E-state index contributed by atoms with van der Waals surface area (Å²) >= 11 is 0. The van der Waals surface area contributed by atoms with E-state index in [-0.39, 0.29) is 11.1 Å². The van der Waals surface area contributed by atoms with Gasteiger partial charge in [0.25, 0.3) is 0 Å². The van der Waals surface area contributed by atoms with Gasteiger partial charge in [-0.3, -0.25) is 9.78 Å². The lowest BCUT2D eigenvalue weighted by Crippen LogP contribution is -2.12. The fourth-order valence-electron chi connectivity index (χ4n) is 1.50. The summed E-state index contributed by atoms with van der Waals surface area (Å²) in [5, 5.41) is 0. The zero-order valence-corrected chi connectivity index (χ0v) is 9.05. The number of aromatic nitrogens is 2. The molecule has 0 spiro atoms. The van der Waals surface area contributed by atoms with Crippen LogP contribution in [0, 0.1) is 6.92 Å². The van der Waals surface area contributed by atoms with Crippen molar-refractivity contribution in [2.75, 3.05) is 5.73 Å². The minimum atomic E-state index is -0.144. The maximum Gasteiger partial charge on any atom is 0.204 e. The van der Waals surface area contributed by atoms with Crippen molar-refractivity contribution in [2.24, 2.45) is 0 Å². The maximum atomic E-state index is 11.1. The Morgan fingerprint density at radius 2 is 2.25 bits per heavy atom. The molecule has 0 amide bonds. The molecular weight excluding hydrogens is 202 g/mol. The van der Waals surface area contributed by atoms with Crippen LogP contribution in [0.1, 0.15) is 11.3 Å². The molecule has 0 aliphatic rings. The van der Waals surface area contributed by atoms with Crippen molar-refractivity contribution in [3.8, 4) is 0 Å². The van der Waals surface area contributed by atoms with E-state index in [4.69, 9.17) is 5.73 Å². The van der Waals surface area contributed by atoms with Gasteiger partial charge >= 0.3 is 0 Å². The minimum Gasteiger partial charge on any atom is -0.394 e. The van der Waals surface area contributed by atoms with Crippen molar-refractivity contribution in [3.05, 3.63) is 58.3 Å². The zero-order chi connectivity index (χ0) is 11.5. The number of hydrogen-bond acceptors (Lipinski definition) is 3. The average Bonchev–Trinajstić information content (AvgIpc) is 2.27. The number of nitrogen functional groups attached to an aromatic ring is 1. The molecule has 4 heteroatoms. The van der Waals surface area contributed by atoms with Gasteiger partial charge < -0.3 is 10.3 Å². The van der Waals surface area contributed by atoms with Crippen molar-refractivity contribution in [3.63, 3.8) is 0 Å². The fourth-order valence-corrected chi connectivity index (χ4v) is 1.50. The maximum absolute atomic E-state index is 11.1. The lowest BCUT2D eigenvalue weighted by molar-refractivity contribution is 0.761. The van der Waals surface area contributed by atoms with Gasteiger partial charge in [0, 0.05) is 24.7 Å². The van der Waals surface area contributed by atoms with Gasteiger partial charge in [-0.05, 0) is 18.6 Å². The molecule has 2 aromatic rings. The number of anilines is 1. The Bertz CT molecular complexity index is 560. The van der Waals surface area contributed by atoms with Crippen LogP contribution in [0.5, 0.6) is 0 Å². The monoisotopic (exact) mass is 215 g/mol. The van der Waals surface area contributed by atoms with Crippen LogP contribution >= 0.6 is 0 Å². The molecule has 16 heavy (non-hydrogen) atoms. The van der Waals surface area contributed by atoms with Gasteiger partial charge in [0.1, 0.15) is 0 Å². The summed E-state index contributed by atoms with van der Waals surface area (Å²) in [5.41, 5.74) is 7.78. The molecule has 0 saturated heterocycles. The van der Waals surface area contributed by atoms with E-state index in [9.17, 15) is 4.79 Å². The van der Waals surface area contributed by atoms with Gasteiger partial charge in [-0.2, -0.15) is 0 Å². The van der Waals surface area contributed by atoms with E-state index in [0.717, 1.165) is 11.3 Å². The predicted octanol–water partition coefficient (Wildman–Crippen LogP) is 1.18. The first-order chi connectivity index (χ1) is 7.66. The summed E-state index contributed by atoms with van der Waals surface area (Å²) in [7, 11) is 0. The van der Waals surface area contributed by atoms with Crippen molar-refractivity contribution in [2.45, 2.75) is 13.5 Å². The molecule has 2 aromatic heterocycles. The van der Waals surface area contributed by atoms with Crippen molar-refractivity contribution < 1.29 is 0 Å². The van der Waals surface area contributed by atoms with Crippen molar-refractivity contribution >= 4 is 5.69 Å². The Labute approximate surface area is 93.4 Å². The molecule has 4 nitrogen and oxygen atoms in total. The topological polar surface area (TPSA) is 60.9 Å². The molecular formula is C12H13N3O. The van der Waals surface area contributed by atoms with Gasteiger partial charge in [-0.1, -0.05) is 6.07 Å².